The van der Waals surface area contributed by atoms with Crippen molar-refractivity contribution in [3.8, 4) is 11.1 Å². The summed E-state index contributed by atoms with van der Waals surface area (Å²) >= 11 is 6.43. The van der Waals surface area contributed by atoms with Gasteiger partial charge in [0.2, 0.25) is 0 Å². The molecule has 2 fully saturated rings. The van der Waals surface area contributed by atoms with Crippen LogP contribution in [0, 0.1) is 0 Å². The standard InChI is InChI=1S/C31H38ClN5O5/c1-19-16-36(7-10-41-19)29(38)35-6-5-20-11-21(22-13-24-26(32)15-34-28(24)33-14-22)12-23(25(20)17-35)27-18-40-9-8-37(27)30(39)42-31(2,3)4/h11-15,19,27H,5-10,16-18H2,1-4H3,(H,33,34). The van der Waals surface area contributed by atoms with Crippen molar-refractivity contribution in [2.75, 3.05) is 46.0 Å². The van der Waals surface area contributed by atoms with Gasteiger partial charge in [0.25, 0.3) is 0 Å². The summed E-state index contributed by atoms with van der Waals surface area (Å²) in [5.41, 5.74) is 5.17. The van der Waals surface area contributed by atoms with Crippen molar-refractivity contribution in [3.05, 3.63) is 52.3 Å². The number of morpholine rings is 2. The zero-order valence-corrected chi connectivity index (χ0v) is 25.4. The maximum Gasteiger partial charge on any atom is 0.410 e. The highest BCUT2D eigenvalue weighted by Crippen LogP contribution is 2.38. The molecule has 3 aliphatic rings. The predicted octanol–water partition coefficient (Wildman–Crippen LogP) is 5.39. The average molecular weight is 596 g/mol. The number of amides is 3. The fourth-order valence-corrected chi connectivity index (χ4v) is 6.25. The van der Waals surface area contributed by atoms with Crippen LogP contribution in [-0.4, -0.2) is 94.5 Å². The van der Waals surface area contributed by atoms with Gasteiger partial charge in [-0.25, -0.2) is 14.6 Å². The lowest BCUT2D eigenvalue weighted by atomic mass is 9.87. The van der Waals surface area contributed by atoms with E-state index in [1.165, 1.54) is 0 Å². The van der Waals surface area contributed by atoms with Gasteiger partial charge in [-0.05, 0) is 68.5 Å². The summed E-state index contributed by atoms with van der Waals surface area (Å²) < 4.78 is 17.4. The Morgan fingerprint density at radius 3 is 2.71 bits per heavy atom. The number of H-pyrrole nitrogens is 1. The number of carbonyl (C=O) groups is 2. The summed E-state index contributed by atoms with van der Waals surface area (Å²) in [5, 5.41) is 1.46. The number of ether oxygens (including phenoxy) is 3. The van der Waals surface area contributed by atoms with Crippen LogP contribution in [0.1, 0.15) is 50.4 Å². The number of fused-ring (bicyclic) bond motifs is 2. The molecule has 2 aromatic heterocycles. The van der Waals surface area contributed by atoms with Gasteiger partial charge in [-0.1, -0.05) is 17.7 Å². The number of rotatable bonds is 2. The van der Waals surface area contributed by atoms with E-state index in [-0.39, 0.29) is 24.3 Å². The summed E-state index contributed by atoms with van der Waals surface area (Å²) in [6.45, 7) is 11.6. The molecule has 2 saturated heterocycles. The van der Waals surface area contributed by atoms with Crippen LogP contribution in [0.15, 0.2) is 30.6 Å². The zero-order chi connectivity index (χ0) is 29.6. The number of hydrogen-bond donors (Lipinski definition) is 1. The normalized spacial score (nSPS) is 21.4. The Morgan fingerprint density at radius 1 is 1.10 bits per heavy atom. The van der Waals surface area contributed by atoms with Gasteiger partial charge in [0.1, 0.15) is 11.2 Å². The second-order valence-corrected chi connectivity index (χ2v) is 12.7. The number of aromatic nitrogens is 2. The fraction of sp³-hybridized carbons (Fsp3) is 0.516. The minimum Gasteiger partial charge on any atom is -0.444 e. The van der Waals surface area contributed by atoms with E-state index in [4.69, 9.17) is 25.8 Å². The number of pyridine rings is 1. The van der Waals surface area contributed by atoms with E-state index in [9.17, 15) is 9.59 Å². The molecule has 6 rings (SSSR count). The van der Waals surface area contributed by atoms with Crippen LogP contribution in [0.5, 0.6) is 0 Å². The Kier molecular flexibility index (Phi) is 7.80. The van der Waals surface area contributed by atoms with Crippen LogP contribution in [0.4, 0.5) is 9.59 Å². The van der Waals surface area contributed by atoms with Crippen LogP contribution in [0.25, 0.3) is 22.2 Å². The number of nitrogens with one attached hydrogen (secondary N) is 1. The summed E-state index contributed by atoms with van der Waals surface area (Å²) in [6.07, 6.45) is 3.91. The van der Waals surface area contributed by atoms with Crippen molar-refractivity contribution in [2.45, 2.75) is 58.4 Å². The Labute approximate surface area is 250 Å². The monoisotopic (exact) mass is 595 g/mol. The van der Waals surface area contributed by atoms with Crippen molar-refractivity contribution < 1.29 is 23.8 Å². The van der Waals surface area contributed by atoms with Gasteiger partial charge in [0.15, 0.2) is 0 Å². The first-order chi connectivity index (χ1) is 20.1. The maximum absolute atomic E-state index is 13.6. The van der Waals surface area contributed by atoms with E-state index in [1.807, 2.05) is 49.8 Å². The molecule has 0 bridgehead atoms. The van der Waals surface area contributed by atoms with Crippen LogP contribution in [0.2, 0.25) is 5.02 Å². The molecule has 5 heterocycles. The van der Waals surface area contributed by atoms with Gasteiger partial charge in [-0.2, -0.15) is 0 Å². The molecular weight excluding hydrogens is 558 g/mol. The number of halogens is 1. The lowest BCUT2D eigenvalue weighted by Gasteiger charge is -2.41. The van der Waals surface area contributed by atoms with E-state index in [1.54, 1.807) is 11.1 Å². The van der Waals surface area contributed by atoms with Crippen molar-refractivity contribution in [1.82, 2.24) is 24.7 Å². The smallest absolute Gasteiger partial charge is 0.410 e. The van der Waals surface area contributed by atoms with Gasteiger partial charge in [0, 0.05) is 56.1 Å². The maximum atomic E-state index is 13.6. The third-order valence-electron chi connectivity index (χ3n) is 8.09. The second kappa shape index (κ2) is 11.4. The largest absolute Gasteiger partial charge is 0.444 e. The van der Waals surface area contributed by atoms with E-state index < -0.39 is 5.60 Å². The van der Waals surface area contributed by atoms with Crippen LogP contribution in [-0.2, 0) is 27.2 Å². The molecule has 1 aromatic carbocycles. The molecule has 42 heavy (non-hydrogen) atoms. The molecule has 0 spiro atoms. The number of benzene rings is 1. The van der Waals surface area contributed by atoms with Crippen LogP contribution < -0.4 is 0 Å². The highest BCUT2D eigenvalue weighted by Gasteiger charge is 2.36. The Balaban J connectivity index is 1.40. The van der Waals surface area contributed by atoms with Crippen LogP contribution >= 0.6 is 11.6 Å². The van der Waals surface area contributed by atoms with Gasteiger partial charge in [-0.3, -0.25) is 4.90 Å². The quantitative estimate of drug-likeness (QED) is 0.426. The second-order valence-electron chi connectivity index (χ2n) is 12.3. The van der Waals surface area contributed by atoms with E-state index >= 15 is 0 Å². The lowest BCUT2D eigenvalue weighted by Crippen LogP contribution is -2.51. The molecule has 3 aromatic rings. The highest BCUT2D eigenvalue weighted by molar-refractivity contribution is 6.35. The minimum atomic E-state index is -0.628. The Hall–Kier alpha value is -3.34. The van der Waals surface area contributed by atoms with E-state index in [2.05, 4.69) is 22.1 Å². The molecule has 3 aliphatic heterocycles. The molecule has 3 amide bonds. The third kappa shape index (κ3) is 5.80. The first-order valence-electron chi connectivity index (χ1n) is 14.6. The third-order valence-corrected chi connectivity index (χ3v) is 8.40. The molecule has 0 aliphatic carbocycles. The summed E-state index contributed by atoms with van der Waals surface area (Å²) in [7, 11) is 0. The van der Waals surface area contributed by atoms with Gasteiger partial charge >= 0.3 is 12.1 Å². The summed E-state index contributed by atoms with van der Waals surface area (Å²) in [6, 6.07) is 5.99. The average Bonchev–Trinajstić information content (AvgIpc) is 3.34. The zero-order valence-electron chi connectivity index (χ0n) is 24.6. The van der Waals surface area contributed by atoms with E-state index in [0.717, 1.165) is 38.9 Å². The summed E-state index contributed by atoms with van der Waals surface area (Å²) in [4.78, 5) is 40.3. The molecule has 2 atom stereocenters. The molecule has 0 radical (unpaired) electrons. The Morgan fingerprint density at radius 2 is 1.93 bits per heavy atom. The minimum absolute atomic E-state index is 0.0131. The number of nitrogens with zero attached hydrogens (tertiary/aromatic N) is 4. The molecular formula is C31H38ClN5O5. The Bertz CT molecular complexity index is 1500. The molecule has 10 nitrogen and oxygen atoms in total. The highest BCUT2D eigenvalue weighted by atomic mass is 35.5. The number of urea groups is 1. The first kappa shape index (κ1) is 28.8. The van der Waals surface area contributed by atoms with Gasteiger partial charge < -0.3 is 29.0 Å². The van der Waals surface area contributed by atoms with Crippen LogP contribution in [0.3, 0.4) is 0 Å². The van der Waals surface area contributed by atoms with E-state index in [0.29, 0.717) is 64.0 Å². The molecule has 224 valence electrons. The SMILES string of the molecule is CC1CN(C(=O)N2CCc3cc(-c4cnc5[nH]cc(Cl)c5c4)cc(C4COCCN4C(=O)OC(C)(C)C)c3C2)CCO1. The van der Waals surface area contributed by atoms with Crippen molar-refractivity contribution >= 4 is 34.8 Å². The van der Waals surface area contributed by atoms with Crippen molar-refractivity contribution in [2.24, 2.45) is 0 Å². The number of carbonyl (C=O) groups excluding carboxylic acids is 2. The van der Waals surface area contributed by atoms with Gasteiger partial charge in [0.05, 0.1) is 37.0 Å². The lowest BCUT2D eigenvalue weighted by molar-refractivity contribution is -0.0335. The molecule has 0 saturated carbocycles. The number of hydrogen-bond acceptors (Lipinski definition) is 6. The number of aromatic amines is 1. The topological polar surface area (TPSA) is 100 Å². The van der Waals surface area contributed by atoms with Crippen molar-refractivity contribution in [1.29, 1.82) is 0 Å². The fourth-order valence-electron chi connectivity index (χ4n) is 6.05. The molecule has 2 unspecified atom stereocenters. The first-order valence-corrected chi connectivity index (χ1v) is 15.0. The van der Waals surface area contributed by atoms with Gasteiger partial charge in [-0.15, -0.1) is 0 Å². The summed E-state index contributed by atoms with van der Waals surface area (Å²) in [5.74, 6) is 0. The predicted molar refractivity (Wildman–Crippen MR) is 160 cm³/mol. The van der Waals surface area contributed by atoms with Crippen molar-refractivity contribution in [3.63, 3.8) is 0 Å². The molecule has 1 N–H and O–H groups in total. The molecule has 11 heteroatoms.